The van der Waals surface area contributed by atoms with Crippen LogP contribution in [0.1, 0.15) is 37.6 Å². The van der Waals surface area contributed by atoms with Crippen LogP contribution in [0.25, 0.3) is 10.9 Å². The van der Waals surface area contributed by atoms with Crippen LogP contribution >= 0.6 is 0 Å². The van der Waals surface area contributed by atoms with Crippen molar-refractivity contribution in [1.29, 1.82) is 0 Å². The molecular formula is C22H26N2O3S. The molecule has 28 heavy (non-hydrogen) atoms. The van der Waals surface area contributed by atoms with Crippen molar-refractivity contribution in [3.8, 4) is 5.75 Å². The van der Waals surface area contributed by atoms with Gasteiger partial charge in [-0.15, -0.1) is 0 Å². The molecule has 0 saturated heterocycles. The summed E-state index contributed by atoms with van der Waals surface area (Å²) in [5.41, 5.74) is 4.28. The maximum absolute atomic E-state index is 13.2. The Balaban J connectivity index is 1.64. The van der Waals surface area contributed by atoms with Crippen molar-refractivity contribution in [3.05, 3.63) is 59.3 Å². The highest BCUT2D eigenvalue weighted by Crippen LogP contribution is 2.32. The third kappa shape index (κ3) is 3.20. The molecule has 1 aromatic heterocycles. The van der Waals surface area contributed by atoms with Crippen molar-refractivity contribution in [3.63, 3.8) is 0 Å². The molecule has 0 spiro atoms. The molecule has 0 atom stereocenters. The number of aromatic amines is 1. The lowest BCUT2D eigenvalue weighted by atomic mass is 9.87. The van der Waals surface area contributed by atoms with E-state index >= 15 is 0 Å². The third-order valence-electron chi connectivity index (χ3n) is 5.51. The van der Waals surface area contributed by atoms with Crippen molar-refractivity contribution < 1.29 is 13.2 Å². The van der Waals surface area contributed by atoms with Crippen LogP contribution in [-0.2, 0) is 28.4 Å². The third-order valence-corrected chi connectivity index (χ3v) is 7.36. The maximum atomic E-state index is 13.2. The number of fused-ring (bicyclic) bond motifs is 3. The fraction of sp³-hybridized carbons (Fsp3) is 0.364. The molecule has 1 aliphatic heterocycles. The normalized spacial score (nSPS) is 15.6. The molecular weight excluding hydrogens is 372 g/mol. The minimum atomic E-state index is -3.53. The molecule has 0 radical (unpaired) electrons. The molecule has 148 valence electrons. The SMILES string of the molecule is COc1ccc2[nH]c3c(c2c1)CCN(S(=O)(=O)c1ccc(C(C)(C)C)cc1)C3. The van der Waals surface area contributed by atoms with Gasteiger partial charge in [-0.1, -0.05) is 32.9 Å². The summed E-state index contributed by atoms with van der Waals surface area (Å²) in [5, 5.41) is 1.11. The van der Waals surface area contributed by atoms with E-state index in [-0.39, 0.29) is 5.41 Å². The van der Waals surface area contributed by atoms with Gasteiger partial charge in [0.2, 0.25) is 10.0 Å². The largest absolute Gasteiger partial charge is 0.497 e. The second-order valence-electron chi connectivity index (χ2n) is 8.36. The first-order valence-corrected chi connectivity index (χ1v) is 10.9. The molecule has 2 heterocycles. The summed E-state index contributed by atoms with van der Waals surface area (Å²) >= 11 is 0. The maximum Gasteiger partial charge on any atom is 0.243 e. The average molecular weight is 399 g/mol. The van der Waals surface area contributed by atoms with Crippen LogP contribution in [0, 0.1) is 0 Å². The Kier molecular flexibility index (Phi) is 4.51. The summed E-state index contributed by atoms with van der Waals surface area (Å²) in [6.07, 6.45) is 0.682. The molecule has 5 nitrogen and oxygen atoms in total. The van der Waals surface area contributed by atoms with Crippen molar-refractivity contribution >= 4 is 20.9 Å². The van der Waals surface area contributed by atoms with E-state index in [1.54, 1.807) is 23.5 Å². The molecule has 6 heteroatoms. The zero-order chi connectivity index (χ0) is 20.1. The summed E-state index contributed by atoms with van der Waals surface area (Å²) < 4.78 is 33.2. The highest BCUT2D eigenvalue weighted by Gasteiger charge is 2.30. The minimum Gasteiger partial charge on any atom is -0.497 e. The van der Waals surface area contributed by atoms with Gasteiger partial charge in [0.1, 0.15) is 5.75 Å². The number of sulfonamides is 1. The van der Waals surface area contributed by atoms with Crippen molar-refractivity contribution in [1.82, 2.24) is 9.29 Å². The van der Waals surface area contributed by atoms with Gasteiger partial charge in [0.15, 0.2) is 0 Å². The topological polar surface area (TPSA) is 62.4 Å². The summed E-state index contributed by atoms with van der Waals surface area (Å²) in [5.74, 6) is 0.809. The number of ether oxygens (including phenoxy) is 1. The Labute approximate surface area is 166 Å². The van der Waals surface area contributed by atoms with E-state index in [1.165, 1.54) is 5.56 Å². The zero-order valence-corrected chi connectivity index (χ0v) is 17.6. The fourth-order valence-electron chi connectivity index (χ4n) is 3.80. The number of hydrogen-bond acceptors (Lipinski definition) is 3. The standard InChI is InChI=1S/C22H26N2O3S/c1-22(2,3)15-5-8-17(9-6-15)28(25,26)24-12-11-18-19-13-16(27-4)7-10-20(19)23-21(18)14-24/h5-10,13,23H,11-12,14H2,1-4H3. The van der Waals surface area contributed by atoms with Gasteiger partial charge in [-0.05, 0) is 53.3 Å². The number of nitrogens with zero attached hydrogens (tertiary/aromatic N) is 1. The smallest absolute Gasteiger partial charge is 0.243 e. The Morgan fingerprint density at radius 1 is 1.07 bits per heavy atom. The lowest BCUT2D eigenvalue weighted by Gasteiger charge is -2.27. The van der Waals surface area contributed by atoms with Crippen molar-refractivity contribution in [2.45, 2.75) is 44.0 Å². The summed E-state index contributed by atoms with van der Waals surface area (Å²) in [6.45, 7) is 7.19. The van der Waals surface area contributed by atoms with Crippen LogP contribution in [0.4, 0.5) is 0 Å². The molecule has 0 amide bonds. The van der Waals surface area contributed by atoms with E-state index < -0.39 is 10.0 Å². The number of aromatic nitrogens is 1. The number of nitrogens with one attached hydrogen (secondary N) is 1. The lowest BCUT2D eigenvalue weighted by molar-refractivity contribution is 0.388. The molecule has 2 aromatic carbocycles. The second-order valence-corrected chi connectivity index (χ2v) is 10.3. The van der Waals surface area contributed by atoms with E-state index in [0.717, 1.165) is 27.9 Å². The Bertz CT molecular complexity index is 1120. The van der Waals surface area contributed by atoms with Crippen LogP contribution in [0.15, 0.2) is 47.4 Å². The molecule has 0 aliphatic carbocycles. The van der Waals surface area contributed by atoms with Crippen LogP contribution in [-0.4, -0.2) is 31.4 Å². The zero-order valence-electron chi connectivity index (χ0n) is 16.7. The van der Waals surface area contributed by atoms with Gasteiger partial charge >= 0.3 is 0 Å². The van der Waals surface area contributed by atoms with Gasteiger partial charge in [-0.3, -0.25) is 0 Å². The number of benzene rings is 2. The Morgan fingerprint density at radius 2 is 1.79 bits per heavy atom. The predicted octanol–water partition coefficient (Wildman–Crippen LogP) is 4.22. The van der Waals surface area contributed by atoms with E-state index in [4.69, 9.17) is 4.74 Å². The van der Waals surface area contributed by atoms with E-state index in [0.29, 0.717) is 24.4 Å². The summed E-state index contributed by atoms with van der Waals surface area (Å²) in [7, 11) is -1.88. The van der Waals surface area contributed by atoms with Crippen LogP contribution in [0.5, 0.6) is 5.75 Å². The molecule has 3 aromatic rings. The van der Waals surface area contributed by atoms with Crippen molar-refractivity contribution in [2.75, 3.05) is 13.7 Å². The number of H-pyrrole nitrogens is 1. The van der Waals surface area contributed by atoms with Crippen LogP contribution in [0.3, 0.4) is 0 Å². The molecule has 0 saturated carbocycles. The summed E-state index contributed by atoms with van der Waals surface area (Å²) in [4.78, 5) is 3.74. The highest BCUT2D eigenvalue weighted by molar-refractivity contribution is 7.89. The molecule has 0 unspecified atom stereocenters. The number of rotatable bonds is 3. The van der Waals surface area contributed by atoms with Gasteiger partial charge in [0, 0.05) is 23.1 Å². The Morgan fingerprint density at radius 3 is 2.43 bits per heavy atom. The first-order chi connectivity index (χ1) is 13.2. The van der Waals surface area contributed by atoms with Crippen molar-refractivity contribution in [2.24, 2.45) is 0 Å². The van der Waals surface area contributed by atoms with Gasteiger partial charge in [-0.2, -0.15) is 4.31 Å². The van der Waals surface area contributed by atoms with E-state index in [1.807, 2.05) is 30.3 Å². The van der Waals surface area contributed by atoms with Gasteiger partial charge in [0.05, 0.1) is 18.6 Å². The first-order valence-electron chi connectivity index (χ1n) is 9.48. The molecule has 0 bridgehead atoms. The fourth-order valence-corrected chi connectivity index (χ4v) is 5.21. The van der Waals surface area contributed by atoms with Crippen LogP contribution < -0.4 is 4.74 Å². The first kappa shape index (κ1) is 19.0. The van der Waals surface area contributed by atoms with E-state index in [2.05, 4.69) is 25.8 Å². The Hall–Kier alpha value is -2.31. The quantitative estimate of drug-likeness (QED) is 0.718. The minimum absolute atomic E-state index is 0.00622. The number of hydrogen-bond donors (Lipinski definition) is 1. The lowest BCUT2D eigenvalue weighted by Crippen LogP contribution is -2.35. The van der Waals surface area contributed by atoms with Gasteiger partial charge in [0.25, 0.3) is 0 Å². The molecule has 1 N–H and O–H groups in total. The van der Waals surface area contributed by atoms with Gasteiger partial charge in [-0.25, -0.2) is 8.42 Å². The predicted molar refractivity (Wildman–Crippen MR) is 111 cm³/mol. The van der Waals surface area contributed by atoms with Crippen LogP contribution in [0.2, 0.25) is 0 Å². The summed E-state index contributed by atoms with van der Waals surface area (Å²) in [6, 6.07) is 13.2. The molecule has 0 fully saturated rings. The van der Waals surface area contributed by atoms with Gasteiger partial charge < -0.3 is 9.72 Å². The second kappa shape index (κ2) is 6.64. The average Bonchev–Trinajstić information content (AvgIpc) is 3.04. The monoisotopic (exact) mass is 398 g/mol. The number of methoxy groups -OCH3 is 1. The molecule has 4 rings (SSSR count). The highest BCUT2D eigenvalue weighted by atomic mass is 32.2. The van der Waals surface area contributed by atoms with E-state index in [9.17, 15) is 8.42 Å². The molecule has 1 aliphatic rings.